The Hall–Kier alpha value is -2.74. The van der Waals surface area contributed by atoms with Gasteiger partial charge in [-0.25, -0.2) is 4.57 Å². The maximum Gasteiger partial charge on any atom is 0.261 e. The highest BCUT2D eigenvalue weighted by Crippen LogP contribution is 2.22. The second-order valence-corrected chi connectivity index (χ2v) is 12.0. The van der Waals surface area contributed by atoms with Crippen LogP contribution in [0, 0.1) is 6.92 Å². The SMILES string of the molecule is CCCCCCCCCCCCCCCCOc1ccc(C(=O)N(Cc2cccc[n+]2CC)C(=O)c2ccccc2)c(C)c1.[I-]. The van der Waals surface area contributed by atoms with Crippen molar-refractivity contribution in [3.05, 3.63) is 95.3 Å². The van der Waals surface area contributed by atoms with Gasteiger partial charge in [-0.3, -0.25) is 14.5 Å². The molecular weight excluding hydrogens is 671 g/mol. The number of carbonyl (C=O) groups excluding carboxylic acids is 2. The van der Waals surface area contributed by atoms with Gasteiger partial charge >= 0.3 is 0 Å². The van der Waals surface area contributed by atoms with E-state index in [9.17, 15) is 9.59 Å². The third-order valence-corrected chi connectivity index (χ3v) is 8.40. The lowest BCUT2D eigenvalue weighted by molar-refractivity contribution is -0.701. The summed E-state index contributed by atoms with van der Waals surface area (Å²) in [7, 11) is 0. The van der Waals surface area contributed by atoms with Crippen molar-refractivity contribution in [1.29, 1.82) is 0 Å². The van der Waals surface area contributed by atoms with Crippen molar-refractivity contribution in [2.45, 2.75) is 124 Å². The number of ether oxygens (including phenoxy) is 1. The van der Waals surface area contributed by atoms with Crippen LogP contribution in [0.1, 0.15) is 136 Å². The molecule has 0 radical (unpaired) electrons. The fraction of sp³-hybridized carbons (Fsp3) is 0.513. The number of rotatable bonds is 21. The highest BCUT2D eigenvalue weighted by molar-refractivity contribution is 6.10. The van der Waals surface area contributed by atoms with Gasteiger partial charge in [-0.05, 0) is 56.2 Å². The van der Waals surface area contributed by atoms with Crippen LogP contribution in [0.4, 0.5) is 0 Å². The van der Waals surface area contributed by atoms with Gasteiger partial charge in [0.2, 0.25) is 5.69 Å². The van der Waals surface area contributed by atoms with Crippen LogP contribution >= 0.6 is 0 Å². The van der Waals surface area contributed by atoms with Gasteiger partial charge in [0.05, 0.1) is 6.61 Å². The number of aryl methyl sites for hydroxylation is 2. The molecule has 0 aliphatic heterocycles. The molecule has 3 rings (SSSR count). The number of aromatic nitrogens is 1. The predicted molar refractivity (Wildman–Crippen MR) is 180 cm³/mol. The summed E-state index contributed by atoms with van der Waals surface area (Å²) in [6, 6.07) is 20.4. The number of pyridine rings is 1. The van der Waals surface area contributed by atoms with Gasteiger partial charge in [0.15, 0.2) is 6.20 Å². The van der Waals surface area contributed by atoms with Crippen LogP contribution in [-0.2, 0) is 13.1 Å². The first-order chi connectivity index (χ1) is 21.5. The summed E-state index contributed by atoms with van der Waals surface area (Å²) in [4.78, 5) is 28.8. The van der Waals surface area contributed by atoms with Crippen molar-refractivity contribution in [3.8, 4) is 5.75 Å². The maximum atomic E-state index is 13.9. The number of unbranched alkanes of at least 4 members (excludes halogenated alkanes) is 13. The van der Waals surface area contributed by atoms with E-state index in [1.807, 2.05) is 61.7 Å². The highest BCUT2D eigenvalue weighted by atomic mass is 127. The zero-order valence-corrected chi connectivity index (χ0v) is 30.1. The van der Waals surface area contributed by atoms with E-state index in [2.05, 4.69) is 18.4 Å². The van der Waals surface area contributed by atoms with Crippen molar-refractivity contribution < 1.29 is 42.9 Å². The first kappa shape index (κ1) is 38.4. The van der Waals surface area contributed by atoms with Crippen LogP contribution in [0.2, 0.25) is 0 Å². The van der Waals surface area contributed by atoms with Gasteiger partial charge in [-0.2, -0.15) is 0 Å². The lowest BCUT2D eigenvalue weighted by Crippen LogP contribution is -3.00. The van der Waals surface area contributed by atoms with E-state index >= 15 is 0 Å². The van der Waals surface area contributed by atoms with Crippen molar-refractivity contribution in [2.75, 3.05) is 6.61 Å². The predicted octanol–water partition coefficient (Wildman–Crippen LogP) is 6.65. The van der Waals surface area contributed by atoms with E-state index in [4.69, 9.17) is 4.74 Å². The van der Waals surface area contributed by atoms with Gasteiger partial charge in [0.1, 0.15) is 18.8 Å². The third kappa shape index (κ3) is 13.6. The Labute approximate surface area is 289 Å². The smallest absolute Gasteiger partial charge is 0.261 e. The van der Waals surface area contributed by atoms with Crippen LogP contribution in [0.3, 0.4) is 0 Å². The molecule has 1 aromatic heterocycles. The second-order valence-electron chi connectivity index (χ2n) is 12.0. The Morgan fingerprint density at radius 2 is 1.27 bits per heavy atom. The van der Waals surface area contributed by atoms with Gasteiger partial charge in [-0.1, -0.05) is 115 Å². The first-order valence-corrected chi connectivity index (χ1v) is 17.2. The van der Waals surface area contributed by atoms with Gasteiger partial charge in [0.25, 0.3) is 11.8 Å². The number of amides is 2. The molecule has 0 N–H and O–H groups in total. The summed E-state index contributed by atoms with van der Waals surface area (Å²) >= 11 is 0. The Bertz CT molecular complexity index is 1260. The molecule has 0 aliphatic carbocycles. The quantitative estimate of drug-likeness (QED) is 0.0535. The van der Waals surface area contributed by atoms with Gasteiger partial charge in [-0.15, -0.1) is 0 Å². The Morgan fingerprint density at radius 3 is 1.84 bits per heavy atom. The van der Waals surface area contributed by atoms with Crippen molar-refractivity contribution in [2.24, 2.45) is 0 Å². The number of carbonyl (C=O) groups is 2. The van der Waals surface area contributed by atoms with Crippen molar-refractivity contribution in [1.82, 2.24) is 4.90 Å². The minimum atomic E-state index is -0.306. The van der Waals surface area contributed by atoms with Crippen LogP contribution in [0.5, 0.6) is 5.75 Å². The molecule has 0 unspecified atom stereocenters. The molecule has 45 heavy (non-hydrogen) atoms. The van der Waals surface area contributed by atoms with E-state index < -0.39 is 0 Å². The molecule has 2 amide bonds. The monoisotopic (exact) mass is 726 g/mol. The number of imide groups is 1. The molecule has 0 bridgehead atoms. The van der Waals surface area contributed by atoms with Gasteiger partial charge in [0, 0.05) is 23.3 Å². The molecule has 3 aromatic rings. The molecule has 0 saturated heterocycles. The summed E-state index contributed by atoms with van der Waals surface area (Å²) in [5, 5.41) is 0. The standard InChI is InChI=1S/C39H55N2O3.HI/c1-4-6-7-8-9-10-11-12-13-14-15-16-17-23-30-44-36-27-28-37(33(3)31-36)39(43)41(38(42)34-24-19-18-20-25-34)32-35-26-21-22-29-40(35)5-2;/h18-22,24-29,31H,4-17,23,30,32H2,1-3H3;1H/q+1;/p-1. The summed E-state index contributed by atoms with van der Waals surface area (Å²) in [5.41, 5.74) is 2.71. The number of hydrogen-bond donors (Lipinski definition) is 0. The number of nitrogens with zero attached hydrogens (tertiary/aromatic N) is 2. The largest absolute Gasteiger partial charge is 1.00 e. The summed E-state index contributed by atoms with van der Waals surface area (Å²) in [6.45, 7) is 7.86. The zero-order chi connectivity index (χ0) is 31.4. The minimum Gasteiger partial charge on any atom is -1.00 e. The number of hydrogen-bond acceptors (Lipinski definition) is 3. The molecule has 5 nitrogen and oxygen atoms in total. The lowest BCUT2D eigenvalue weighted by Gasteiger charge is -2.21. The first-order valence-electron chi connectivity index (χ1n) is 17.2. The summed E-state index contributed by atoms with van der Waals surface area (Å²) in [5.74, 6) is 0.155. The number of halogens is 1. The fourth-order valence-electron chi connectivity index (χ4n) is 5.70. The maximum absolute atomic E-state index is 13.9. The van der Waals surface area contributed by atoms with Crippen LogP contribution in [-0.4, -0.2) is 23.3 Å². The molecule has 2 aromatic carbocycles. The molecule has 0 fully saturated rings. The van der Waals surface area contributed by atoms with Gasteiger partial charge < -0.3 is 28.7 Å². The molecule has 0 saturated carbocycles. The molecule has 0 atom stereocenters. The van der Waals surface area contributed by atoms with E-state index in [-0.39, 0.29) is 42.3 Å². The van der Waals surface area contributed by atoms with E-state index in [0.717, 1.165) is 30.0 Å². The van der Waals surface area contributed by atoms with E-state index in [0.29, 0.717) is 17.7 Å². The molecule has 6 heteroatoms. The molecule has 246 valence electrons. The number of benzene rings is 2. The molecule has 0 aliphatic rings. The Balaban J connectivity index is 0.00000705. The minimum absolute atomic E-state index is 0. The summed E-state index contributed by atoms with van der Waals surface area (Å²) in [6.07, 6.45) is 20.6. The van der Waals surface area contributed by atoms with E-state index in [1.54, 1.807) is 18.2 Å². The second kappa shape index (κ2) is 22.7. The fourth-order valence-corrected chi connectivity index (χ4v) is 5.70. The lowest BCUT2D eigenvalue weighted by atomic mass is 10.0. The van der Waals surface area contributed by atoms with Crippen molar-refractivity contribution in [3.63, 3.8) is 0 Å². The van der Waals surface area contributed by atoms with Crippen LogP contribution in [0.25, 0.3) is 0 Å². The topological polar surface area (TPSA) is 50.5 Å². The van der Waals surface area contributed by atoms with E-state index in [1.165, 1.54) is 88.4 Å². The third-order valence-electron chi connectivity index (χ3n) is 8.40. The average Bonchev–Trinajstić information content (AvgIpc) is 3.05. The molecule has 0 spiro atoms. The Morgan fingerprint density at radius 1 is 0.689 bits per heavy atom. The van der Waals surface area contributed by atoms with Crippen molar-refractivity contribution >= 4 is 11.8 Å². The highest BCUT2D eigenvalue weighted by Gasteiger charge is 2.28. The Kier molecular flexibility index (Phi) is 19.4. The van der Waals surface area contributed by atoms with Crippen LogP contribution < -0.4 is 33.3 Å². The average molecular weight is 727 g/mol. The zero-order valence-electron chi connectivity index (χ0n) is 27.9. The van der Waals surface area contributed by atoms with Crippen LogP contribution in [0.15, 0.2) is 72.9 Å². The summed E-state index contributed by atoms with van der Waals surface area (Å²) < 4.78 is 8.09. The normalized spacial score (nSPS) is 10.7. The molecule has 1 heterocycles. The molecular formula is C39H55IN2O3.